The standard InChI is InChI=1S/C10H7N.C9H7N/c1-2-8-4-3-5-9-6-7-11-10(8)9;1-2-6-9-8(4-1)5-3-7-10-9/h1,3-7,11H;1-7H. The summed E-state index contributed by atoms with van der Waals surface area (Å²) in [6.07, 6.45) is 9.01. The molecule has 21 heavy (non-hydrogen) atoms. The molecule has 4 aromatic rings. The molecule has 2 nitrogen and oxygen atoms in total. The molecule has 0 bridgehead atoms. The molecule has 0 fully saturated rings. The molecule has 2 aromatic carbocycles. The number of terminal acetylenes is 1. The zero-order valence-corrected chi connectivity index (χ0v) is 11.5. The van der Waals surface area contributed by atoms with Crippen LogP contribution in [0.25, 0.3) is 21.8 Å². The summed E-state index contributed by atoms with van der Waals surface area (Å²) < 4.78 is 0. The largest absolute Gasteiger partial charge is 0.360 e. The van der Waals surface area contributed by atoms with E-state index in [1.807, 2.05) is 60.9 Å². The first-order valence-corrected chi connectivity index (χ1v) is 6.71. The molecule has 0 aliphatic rings. The van der Waals surface area contributed by atoms with Crippen molar-refractivity contribution in [2.75, 3.05) is 0 Å². The lowest BCUT2D eigenvalue weighted by Gasteiger charge is -1.91. The van der Waals surface area contributed by atoms with Gasteiger partial charge < -0.3 is 4.98 Å². The maximum absolute atomic E-state index is 5.31. The summed E-state index contributed by atoms with van der Waals surface area (Å²) in [6.45, 7) is 0. The number of nitrogens with zero attached hydrogens (tertiary/aromatic N) is 1. The lowest BCUT2D eigenvalue weighted by molar-refractivity contribution is 1.41. The highest BCUT2D eigenvalue weighted by Gasteiger charge is 1.96. The molecule has 0 saturated carbocycles. The number of nitrogens with one attached hydrogen (secondary N) is 1. The molecule has 0 atom stereocenters. The van der Waals surface area contributed by atoms with E-state index < -0.39 is 0 Å². The van der Waals surface area contributed by atoms with Crippen molar-refractivity contribution in [2.45, 2.75) is 0 Å². The molecular formula is C19H14N2. The summed E-state index contributed by atoms with van der Waals surface area (Å²) in [5.41, 5.74) is 3.03. The van der Waals surface area contributed by atoms with Gasteiger partial charge in [-0.2, -0.15) is 0 Å². The molecule has 0 aliphatic carbocycles. The SMILES string of the molecule is C#Cc1cccc2cc[nH]c12.c1ccc2ncccc2c1. The molecule has 2 heteroatoms. The van der Waals surface area contributed by atoms with E-state index in [-0.39, 0.29) is 0 Å². The molecule has 2 heterocycles. The van der Waals surface area contributed by atoms with Gasteiger partial charge in [-0.05, 0) is 24.3 Å². The number of hydrogen-bond acceptors (Lipinski definition) is 1. The van der Waals surface area contributed by atoms with Gasteiger partial charge >= 0.3 is 0 Å². The van der Waals surface area contributed by atoms with E-state index >= 15 is 0 Å². The first-order valence-electron chi connectivity index (χ1n) is 6.71. The smallest absolute Gasteiger partial charge is 0.0701 e. The Balaban J connectivity index is 0.000000126. The first kappa shape index (κ1) is 13.0. The predicted octanol–water partition coefficient (Wildman–Crippen LogP) is 4.38. The Bertz CT molecular complexity index is 848. The van der Waals surface area contributed by atoms with Crippen LogP contribution in [-0.2, 0) is 0 Å². The second-order valence-corrected chi connectivity index (χ2v) is 4.59. The quantitative estimate of drug-likeness (QED) is 0.472. The average molecular weight is 270 g/mol. The lowest BCUT2D eigenvalue weighted by Crippen LogP contribution is -1.75. The van der Waals surface area contributed by atoms with Gasteiger partial charge in [-0.3, -0.25) is 4.98 Å². The maximum Gasteiger partial charge on any atom is 0.0701 e. The third-order valence-electron chi connectivity index (χ3n) is 3.25. The van der Waals surface area contributed by atoms with Crippen molar-refractivity contribution >= 4 is 21.8 Å². The van der Waals surface area contributed by atoms with Crippen LogP contribution in [0.1, 0.15) is 5.56 Å². The minimum Gasteiger partial charge on any atom is -0.360 e. The van der Waals surface area contributed by atoms with Crippen molar-refractivity contribution in [3.63, 3.8) is 0 Å². The Morgan fingerprint density at radius 3 is 2.52 bits per heavy atom. The lowest BCUT2D eigenvalue weighted by atomic mass is 10.1. The molecule has 4 rings (SSSR count). The Labute approximate surface area is 123 Å². The van der Waals surface area contributed by atoms with Gasteiger partial charge in [0, 0.05) is 28.7 Å². The summed E-state index contributed by atoms with van der Waals surface area (Å²) in [5, 5.41) is 2.37. The van der Waals surface area contributed by atoms with Crippen LogP contribution in [-0.4, -0.2) is 9.97 Å². The van der Waals surface area contributed by atoms with Gasteiger partial charge in [-0.1, -0.05) is 42.3 Å². The second-order valence-electron chi connectivity index (χ2n) is 4.59. The summed E-state index contributed by atoms with van der Waals surface area (Å²) in [6, 6.07) is 20.0. The Morgan fingerprint density at radius 2 is 1.67 bits per heavy atom. The van der Waals surface area contributed by atoms with Crippen molar-refractivity contribution in [1.29, 1.82) is 0 Å². The highest BCUT2D eigenvalue weighted by atomic mass is 14.7. The van der Waals surface area contributed by atoms with Crippen LogP contribution < -0.4 is 0 Å². The van der Waals surface area contributed by atoms with Gasteiger partial charge in [0.2, 0.25) is 0 Å². The van der Waals surface area contributed by atoms with Gasteiger partial charge in [0.25, 0.3) is 0 Å². The fourth-order valence-corrected chi connectivity index (χ4v) is 2.22. The van der Waals surface area contributed by atoms with Gasteiger partial charge in [0.1, 0.15) is 0 Å². The van der Waals surface area contributed by atoms with E-state index in [9.17, 15) is 0 Å². The number of pyridine rings is 1. The number of para-hydroxylation sites is 2. The van der Waals surface area contributed by atoms with E-state index in [2.05, 4.69) is 28.0 Å². The third-order valence-corrected chi connectivity index (χ3v) is 3.25. The number of H-pyrrole nitrogens is 1. The van der Waals surface area contributed by atoms with Crippen LogP contribution in [0, 0.1) is 12.3 Å². The highest BCUT2D eigenvalue weighted by molar-refractivity contribution is 5.84. The summed E-state index contributed by atoms with van der Waals surface area (Å²) >= 11 is 0. The summed E-state index contributed by atoms with van der Waals surface area (Å²) in [5.74, 6) is 2.62. The zero-order chi connectivity index (χ0) is 14.5. The van der Waals surface area contributed by atoms with Crippen LogP contribution in [0.2, 0.25) is 0 Å². The number of benzene rings is 2. The minimum atomic E-state index is 0.924. The summed E-state index contributed by atoms with van der Waals surface area (Å²) in [7, 11) is 0. The van der Waals surface area contributed by atoms with E-state index in [0.717, 1.165) is 16.6 Å². The summed E-state index contributed by atoms with van der Waals surface area (Å²) in [4.78, 5) is 7.28. The predicted molar refractivity (Wildman–Crippen MR) is 88.0 cm³/mol. The molecule has 0 amide bonds. The van der Waals surface area contributed by atoms with Crippen LogP contribution in [0.3, 0.4) is 0 Å². The number of aromatic amines is 1. The molecule has 0 unspecified atom stereocenters. The van der Waals surface area contributed by atoms with Crippen molar-refractivity contribution in [3.8, 4) is 12.3 Å². The van der Waals surface area contributed by atoms with Crippen molar-refractivity contribution in [2.24, 2.45) is 0 Å². The average Bonchev–Trinajstić information content (AvgIpc) is 3.04. The molecule has 1 N–H and O–H groups in total. The van der Waals surface area contributed by atoms with Gasteiger partial charge in [-0.15, -0.1) is 6.42 Å². The van der Waals surface area contributed by atoms with Gasteiger partial charge in [0.15, 0.2) is 0 Å². The molecule has 0 radical (unpaired) electrons. The highest BCUT2D eigenvalue weighted by Crippen LogP contribution is 2.15. The van der Waals surface area contributed by atoms with Gasteiger partial charge in [-0.25, -0.2) is 0 Å². The Morgan fingerprint density at radius 1 is 0.857 bits per heavy atom. The van der Waals surface area contributed by atoms with E-state index in [4.69, 9.17) is 6.42 Å². The van der Waals surface area contributed by atoms with Crippen molar-refractivity contribution in [3.05, 3.63) is 78.6 Å². The van der Waals surface area contributed by atoms with Crippen molar-refractivity contribution in [1.82, 2.24) is 9.97 Å². The molecule has 2 aromatic heterocycles. The monoisotopic (exact) mass is 270 g/mol. The Kier molecular flexibility index (Phi) is 3.66. The minimum absolute atomic E-state index is 0.924. The fourth-order valence-electron chi connectivity index (χ4n) is 2.22. The fraction of sp³-hybridized carbons (Fsp3) is 0. The zero-order valence-electron chi connectivity index (χ0n) is 11.5. The number of rotatable bonds is 0. The van der Waals surface area contributed by atoms with Crippen LogP contribution >= 0.6 is 0 Å². The molecule has 0 saturated heterocycles. The van der Waals surface area contributed by atoms with Crippen LogP contribution in [0.5, 0.6) is 0 Å². The van der Waals surface area contributed by atoms with Crippen LogP contribution in [0.15, 0.2) is 73.1 Å². The topological polar surface area (TPSA) is 28.7 Å². The van der Waals surface area contributed by atoms with Crippen molar-refractivity contribution < 1.29 is 0 Å². The molecule has 100 valence electrons. The van der Waals surface area contributed by atoms with E-state index in [1.54, 1.807) is 0 Å². The maximum atomic E-state index is 5.31. The van der Waals surface area contributed by atoms with Gasteiger partial charge in [0.05, 0.1) is 11.0 Å². The third kappa shape index (κ3) is 2.77. The first-order chi connectivity index (χ1) is 10.4. The number of fused-ring (bicyclic) bond motifs is 2. The molecule has 0 spiro atoms. The second kappa shape index (κ2) is 5.94. The number of aromatic nitrogens is 2. The van der Waals surface area contributed by atoms with Crippen LogP contribution in [0.4, 0.5) is 0 Å². The number of hydrogen-bond donors (Lipinski definition) is 1. The van der Waals surface area contributed by atoms with E-state index in [0.29, 0.717) is 0 Å². The molecular weight excluding hydrogens is 256 g/mol. The Hall–Kier alpha value is -3.05. The molecule has 0 aliphatic heterocycles. The van der Waals surface area contributed by atoms with E-state index in [1.165, 1.54) is 10.8 Å². The normalized spacial score (nSPS) is 9.86.